The fourth-order valence-corrected chi connectivity index (χ4v) is 3.95. The van der Waals surface area contributed by atoms with Crippen LogP contribution >= 0.6 is 0 Å². The van der Waals surface area contributed by atoms with Gasteiger partial charge in [-0.05, 0) is 29.7 Å². The number of nitrogens with one attached hydrogen (secondary N) is 3. The lowest BCUT2D eigenvalue weighted by molar-refractivity contribution is 0.0955. The Hall–Kier alpha value is -3.88. The predicted molar refractivity (Wildman–Crippen MR) is 128 cm³/mol. The first kappa shape index (κ1) is 20.1. The molecule has 0 bridgehead atoms. The molecule has 32 heavy (non-hydrogen) atoms. The number of fused-ring (bicyclic) bond motifs is 4. The Bertz CT molecular complexity index is 1450. The highest BCUT2D eigenvalue weighted by molar-refractivity contribution is 6.58. The third-order valence-corrected chi connectivity index (χ3v) is 5.49. The van der Waals surface area contributed by atoms with E-state index in [4.69, 9.17) is 4.98 Å². The maximum absolute atomic E-state index is 12.5. The summed E-state index contributed by atoms with van der Waals surface area (Å²) in [5, 5.41) is 27.0. The maximum Gasteiger partial charge on any atom is 0.488 e. The summed E-state index contributed by atoms with van der Waals surface area (Å²) in [6.07, 6.45) is 0. The van der Waals surface area contributed by atoms with Gasteiger partial charge in [-0.25, -0.2) is 4.98 Å². The molecule has 2 heterocycles. The number of H-pyrrole nitrogens is 1. The standard InChI is InChI=1S/C24H21BN4O3/c30-24(15-6-5-7-16(14-15)25(31)32)27-13-12-26-21-17-8-1-3-10-19(17)28-22-18-9-2-4-11-20(18)29-23(21)22/h1-11,14,29,31-32H,12-13H2,(H,26,28)(H,27,30). The average Bonchev–Trinajstić information content (AvgIpc) is 3.19. The van der Waals surface area contributed by atoms with Crippen LogP contribution in [0.2, 0.25) is 0 Å². The van der Waals surface area contributed by atoms with Gasteiger partial charge in [0.05, 0.1) is 22.2 Å². The van der Waals surface area contributed by atoms with Crippen LogP contribution in [0, 0.1) is 0 Å². The minimum atomic E-state index is -1.61. The van der Waals surface area contributed by atoms with Crippen LogP contribution in [-0.4, -0.2) is 46.1 Å². The second-order valence-corrected chi connectivity index (χ2v) is 7.58. The number of benzene rings is 3. The van der Waals surface area contributed by atoms with Gasteiger partial charge in [-0.15, -0.1) is 0 Å². The molecule has 158 valence electrons. The van der Waals surface area contributed by atoms with Crippen molar-refractivity contribution in [3.63, 3.8) is 0 Å². The lowest BCUT2D eigenvalue weighted by Gasteiger charge is -2.12. The van der Waals surface area contributed by atoms with Gasteiger partial charge in [0.15, 0.2) is 0 Å². The van der Waals surface area contributed by atoms with Crippen molar-refractivity contribution < 1.29 is 14.8 Å². The first-order valence-electron chi connectivity index (χ1n) is 10.4. The molecule has 3 aromatic carbocycles. The van der Waals surface area contributed by atoms with Gasteiger partial charge in [0, 0.05) is 34.9 Å². The van der Waals surface area contributed by atoms with Crippen molar-refractivity contribution in [2.24, 2.45) is 0 Å². The molecule has 5 rings (SSSR count). The summed E-state index contributed by atoms with van der Waals surface area (Å²) in [5.74, 6) is -0.273. The molecule has 2 aromatic heterocycles. The predicted octanol–water partition coefficient (Wildman–Crippen LogP) is 2.39. The SMILES string of the molecule is O=C(NCCNc1c2ccccc2nc2c1[nH]c1ccccc12)c1cccc(B(O)O)c1. The topological polar surface area (TPSA) is 110 Å². The van der Waals surface area contributed by atoms with Crippen LogP contribution in [-0.2, 0) is 0 Å². The number of anilines is 1. The lowest BCUT2D eigenvalue weighted by Crippen LogP contribution is -2.33. The van der Waals surface area contributed by atoms with E-state index in [9.17, 15) is 14.8 Å². The van der Waals surface area contributed by atoms with E-state index >= 15 is 0 Å². The summed E-state index contributed by atoms with van der Waals surface area (Å²) < 4.78 is 0. The Kier molecular flexibility index (Phi) is 5.22. The maximum atomic E-state index is 12.5. The number of carbonyl (C=O) groups is 1. The summed E-state index contributed by atoms with van der Waals surface area (Å²) in [4.78, 5) is 20.8. The number of para-hydroxylation sites is 2. The number of rotatable bonds is 6. The molecule has 0 saturated carbocycles. The zero-order valence-corrected chi connectivity index (χ0v) is 17.2. The first-order valence-corrected chi connectivity index (χ1v) is 10.4. The van der Waals surface area contributed by atoms with Crippen molar-refractivity contribution in [2.45, 2.75) is 0 Å². The summed E-state index contributed by atoms with van der Waals surface area (Å²) in [7, 11) is -1.61. The van der Waals surface area contributed by atoms with E-state index in [-0.39, 0.29) is 11.4 Å². The van der Waals surface area contributed by atoms with Crippen LogP contribution in [0.15, 0.2) is 72.8 Å². The van der Waals surface area contributed by atoms with Gasteiger partial charge in [0.1, 0.15) is 0 Å². The molecule has 0 atom stereocenters. The van der Waals surface area contributed by atoms with Gasteiger partial charge in [0.2, 0.25) is 0 Å². The van der Waals surface area contributed by atoms with E-state index in [2.05, 4.69) is 21.7 Å². The Balaban J connectivity index is 1.38. The smallest absolute Gasteiger partial charge is 0.423 e. The third-order valence-electron chi connectivity index (χ3n) is 5.49. The molecule has 1 amide bonds. The van der Waals surface area contributed by atoms with Gasteiger partial charge < -0.3 is 25.7 Å². The number of carbonyl (C=O) groups excluding carboxylic acids is 1. The second-order valence-electron chi connectivity index (χ2n) is 7.58. The van der Waals surface area contributed by atoms with Crippen LogP contribution in [0.3, 0.4) is 0 Å². The molecule has 8 heteroatoms. The highest BCUT2D eigenvalue weighted by atomic mass is 16.4. The zero-order chi connectivity index (χ0) is 22.1. The molecular weight excluding hydrogens is 403 g/mol. The minimum Gasteiger partial charge on any atom is -0.423 e. The Labute approximate surface area is 184 Å². The van der Waals surface area contributed by atoms with Gasteiger partial charge >= 0.3 is 7.12 Å². The fourth-order valence-electron chi connectivity index (χ4n) is 3.95. The highest BCUT2D eigenvalue weighted by Gasteiger charge is 2.15. The molecule has 0 aliphatic carbocycles. The van der Waals surface area contributed by atoms with E-state index in [0.717, 1.165) is 38.5 Å². The van der Waals surface area contributed by atoms with E-state index in [0.29, 0.717) is 18.7 Å². The van der Waals surface area contributed by atoms with Crippen molar-refractivity contribution in [1.82, 2.24) is 15.3 Å². The molecule has 0 aliphatic rings. The summed E-state index contributed by atoms with van der Waals surface area (Å²) >= 11 is 0. The quantitative estimate of drug-likeness (QED) is 0.212. The van der Waals surface area contributed by atoms with Crippen LogP contribution in [0.25, 0.3) is 32.8 Å². The van der Waals surface area contributed by atoms with Gasteiger partial charge in [0.25, 0.3) is 5.91 Å². The number of hydrogen-bond donors (Lipinski definition) is 5. The van der Waals surface area contributed by atoms with Crippen LogP contribution < -0.4 is 16.1 Å². The molecule has 7 nitrogen and oxygen atoms in total. The van der Waals surface area contributed by atoms with E-state index in [1.165, 1.54) is 6.07 Å². The number of hydrogen-bond acceptors (Lipinski definition) is 5. The van der Waals surface area contributed by atoms with Crippen molar-refractivity contribution in [1.29, 1.82) is 0 Å². The molecule has 0 unspecified atom stereocenters. The van der Waals surface area contributed by atoms with Crippen molar-refractivity contribution >= 4 is 57.0 Å². The Morgan fingerprint density at radius 3 is 2.56 bits per heavy atom. The summed E-state index contributed by atoms with van der Waals surface area (Å²) in [6, 6.07) is 22.3. The first-order chi connectivity index (χ1) is 15.6. The highest BCUT2D eigenvalue weighted by Crippen LogP contribution is 2.34. The van der Waals surface area contributed by atoms with Gasteiger partial charge in [-0.3, -0.25) is 4.79 Å². The number of amides is 1. The molecule has 0 spiro atoms. The molecule has 0 saturated heterocycles. The number of pyridine rings is 1. The van der Waals surface area contributed by atoms with Gasteiger partial charge in [-0.1, -0.05) is 48.5 Å². The van der Waals surface area contributed by atoms with Crippen LogP contribution in [0.4, 0.5) is 5.69 Å². The van der Waals surface area contributed by atoms with E-state index in [1.54, 1.807) is 18.2 Å². The summed E-state index contributed by atoms with van der Waals surface area (Å²) in [5.41, 5.74) is 5.36. The number of nitrogens with zero attached hydrogens (tertiary/aromatic N) is 1. The van der Waals surface area contributed by atoms with Crippen molar-refractivity contribution in [3.05, 3.63) is 78.4 Å². The molecular formula is C24H21BN4O3. The van der Waals surface area contributed by atoms with Crippen molar-refractivity contribution in [3.8, 4) is 0 Å². The summed E-state index contributed by atoms with van der Waals surface area (Å²) in [6.45, 7) is 0.898. The molecule has 0 fully saturated rings. The van der Waals surface area contributed by atoms with Crippen LogP contribution in [0.1, 0.15) is 10.4 Å². The number of aromatic nitrogens is 2. The van der Waals surface area contributed by atoms with E-state index in [1.807, 2.05) is 42.5 Å². The number of aromatic amines is 1. The Morgan fingerprint density at radius 1 is 0.938 bits per heavy atom. The molecule has 0 radical (unpaired) electrons. The average molecular weight is 424 g/mol. The largest absolute Gasteiger partial charge is 0.488 e. The van der Waals surface area contributed by atoms with Crippen LogP contribution in [0.5, 0.6) is 0 Å². The fraction of sp³-hybridized carbons (Fsp3) is 0.0833. The minimum absolute atomic E-state index is 0.273. The lowest BCUT2D eigenvalue weighted by atomic mass is 9.79. The second kappa shape index (κ2) is 8.34. The Morgan fingerprint density at radius 2 is 1.72 bits per heavy atom. The molecule has 5 aromatic rings. The monoisotopic (exact) mass is 424 g/mol. The molecule has 0 aliphatic heterocycles. The van der Waals surface area contributed by atoms with Crippen molar-refractivity contribution in [2.75, 3.05) is 18.4 Å². The zero-order valence-electron chi connectivity index (χ0n) is 17.2. The van der Waals surface area contributed by atoms with E-state index < -0.39 is 7.12 Å². The van der Waals surface area contributed by atoms with Gasteiger partial charge in [-0.2, -0.15) is 0 Å². The third kappa shape index (κ3) is 3.66. The molecule has 5 N–H and O–H groups in total. The normalized spacial score (nSPS) is 11.2.